The van der Waals surface area contributed by atoms with Crippen LogP contribution in [0.5, 0.6) is 5.75 Å². The van der Waals surface area contributed by atoms with E-state index in [0.29, 0.717) is 0 Å². The fourth-order valence-corrected chi connectivity index (χ4v) is 6.62. The molecule has 1 aromatic carbocycles. The number of ketones is 2. The number of aldehydes is 1. The summed E-state index contributed by atoms with van der Waals surface area (Å²) >= 11 is 0. The van der Waals surface area contributed by atoms with Gasteiger partial charge in [-0.3, -0.25) is 24.6 Å². The highest BCUT2D eigenvalue weighted by atomic mass is 16.4. The van der Waals surface area contributed by atoms with Crippen molar-refractivity contribution in [2.24, 2.45) is 11.8 Å². The molecule has 0 saturated heterocycles. The van der Waals surface area contributed by atoms with E-state index in [-0.39, 0.29) is 23.8 Å². The van der Waals surface area contributed by atoms with Crippen LogP contribution in [-0.2, 0) is 24.8 Å². The van der Waals surface area contributed by atoms with E-state index in [1.807, 2.05) is 0 Å². The zero-order valence-electron chi connectivity index (χ0n) is 24.6. The third kappa shape index (κ3) is 5.22. The van der Waals surface area contributed by atoms with Crippen LogP contribution in [0.2, 0.25) is 0 Å². The SMILES string of the molecule is CN(C)[C@@H]1C(=O)C(C(=O)NCN[C@@H](C=O)[C@H](O)[C@H](O)[C@H](O)CO)=C(O)[C@]2(O)C(=O)C3=C(O)c4c(O)cccc4[C@@](C)(O)[C@H]3C[C@@H]12. The first-order valence-corrected chi connectivity index (χ1v) is 14.0. The largest absolute Gasteiger partial charge is 0.508 e. The molecule has 0 unspecified atom stereocenters. The molecule has 4 rings (SSSR count). The summed E-state index contributed by atoms with van der Waals surface area (Å²) in [5.41, 5.74) is -6.50. The van der Waals surface area contributed by atoms with E-state index < -0.39 is 113 Å². The summed E-state index contributed by atoms with van der Waals surface area (Å²) in [7, 11) is 2.87. The van der Waals surface area contributed by atoms with Crippen molar-refractivity contribution >= 4 is 29.5 Å². The summed E-state index contributed by atoms with van der Waals surface area (Å²) in [6.07, 6.45) is -5.84. The zero-order chi connectivity index (χ0) is 33.8. The summed E-state index contributed by atoms with van der Waals surface area (Å²) in [4.78, 5) is 53.8. The van der Waals surface area contributed by atoms with Gasteiger partial charge in [0.15, 0.2) is 11.4 Å². The second kappa shape index (κ2) is 12.2. The number of nitrogens with zero attached hydrogens (tertiary/aromatic N) is 1. The second-order valence-corrected chi connectivity index (χ2v) is 11.9. The number of hydrogen-bond acceptors (Lipinski definition) is 15. The number of phenols is 1. The Balaban J connectivity index is 1.72. The van der Waals surface area contributed by atoms with E-state index in [1.165, 1.54) is 44.1 Å². The minimum Gasteiger partial charge on any atom is -0.508 e. The smallest absolute Gasteiger partial charge is 0.259 e. The minimum atomic E-state index is -2.94. The number of aliphatic hydroxyl groups excluding tert-OH is 6. The molecule has 9 atom stereocenters. The normalized spacial score (nSPS) is 30.7. The number of fused-ring (bicyclic) bond motifs is 3. The number of aromatic hydroxyl groups is 1. The second-order valence-electron chi connectivity index (χ2n) is 11.9. The Bertz CT molecular complexity index is 1470. The zero-order valence-corrected chi connectivity index (χ0v) is 24.6. The number of phenolic OH excluding ortho intramolecular Hbond substituents is 1. The standard InChI is InChI=1S/C29H37N3O13/c1-28(44)11-5-4-6-15(35)17(11)23(39)18-12(28)7-13-20(32(2)3)24(40)19(26(42)29(13,45)25(18)41)27(43)31-10-30-14(8-33)21(37)22(38)16(36)9-34/h4-6,8,12-14,16,20-22,30,34-39,42,44-45H,7,9-10H2,1-3H3,(H,31,43)/t12-,13-,14-,16+,20-,21-,22+,28+,29+/m0/s1. The number of Topliss-reactive ketones (excluding diaryl/α,β-unsaturated/α-hetero) is 2. The maximum atomic E-state index is 14.1. The first kappa shape index (κ1) is 34.1. The van der Waals surface area contributed by atoms with Crippen LogP contribution in [0.25, 0.3) is 5.76 Å². The van der Waals surface area contributed by atoms with Crippen LogP contribution in [0.3, 0.4) is 0 Å². The molecule has 0 heterocycles. The molecule has 1 saturated carbocycles. The Labute approximate surface area is 256 Å². The number of nitrogens with one attached hydrogen (secondary N) is 2. The summed E-state index contributed by atoms with van der Waals surface area (Å²) in [6.45, 7) is -0.239. The van der Waals surface area contributed by atoms with Gasteiger partial charge < -0.3 is 56.1 Å². The Kier molecular flexibility index (Phi) is 9.27. The summed E-state index contributed by atoms with van der Waals surface area (Å²) in [5.74, 6) is -8.72. The van der Waals surface area contributed by atoms with Crippen molar-refractivity contribution < 1.29 is 65.1 Å². The van der Waals surface area contributed by atoms with Gasteiger partial charge in [0.05, 0.1) is 36.5 Å². The maximum absolute atomic E-state index is 14.1. The van der Waals surface area contributed by atoms with Crippen molar-refractivity contribution in [3.05, 3.63) is 46.2 Å². The van der Waals surface area contributed by atoms with Crippen molar-refractivity contribution in [1.29, 1.82) is 0 Å². The Morgan fingerprint density at radius 1 is 1.11 bits per heavy atom. The Morgan fingerprint density at radius 2 is 1.76 bits per heavy atom. The molecule has 16 heteroatoms. The predicted molar refractivity (Wildman–Crippen MR) is 152 cm³/mol. The van der Waals surface area contributed by atoms with Crippen molar-refractivity contribution in [2.75, 3.05) is 27.4 Å². The van der Waals surface area contributed by atoms with Crippen LogP contribution in [0, 0.1) is 11.8 Å². The average molecular weight is 636 g/mol. The van der Waals surface area contributed by atoms with Gasteiger partial charge in [-0.1, -0.05) is 12.1 Å². The van der Waals surface area contributed by atoms with Gasteiger partial charge in [-0.15, -0.1) is 0 Å². The molecule has 1 amide bonds. The monoisotopic (exact) mass is 635 g/mol. The van der Waals surface area contributed by atoms with Gasteiger partial charge in [0.1, 0.15) is 47.4 Å². The van der Waals surface area contributed by atoms with E-state index in [4.69, 9.17) is 5.11 Å². The third-order valence-electron chi connectivity index (χ3n) is 9.03. The highest BCUT2D eigenvalue weighted by molar-refractivity contribution is 6.25. The van der Waals surface area contributed by atoms with Crippen LogP contribution in [0.4, 0.5) is 0 Å². The highest BCUT2D eigenvalue weighted by Gasteiger charge is 2.66. The quantitative estimate of drug-likeness (QED) is 0.0674. The molecular formula is C29H37N3O13. The number of carbonyl (C=O) groups excluding carboxylic acids is 4. The number of rotatable bonds is 10. The van der Waals surface area contributed by atoms with E-state index >= 15 is 0 Å². The lowest BCUT2D eigenvalue weighted by atomic mass is 9.54. The molecule has 3 aliphatic carbocycles. The summed E-state index contributed by atoms with van der Waals surface area (Å²) in [6, 6.07) is 1.12. The van der Waals surface area contributed by atoms with E-state index in [1.54, 1.807) is 0 Å². The number of likely N-dealkylation sites (N-methyl/N-ethyl adjacent to an activating group) is 1. The van der Waals surface area contributed by atoms with Crippen LogP contribution < -0.4 is 10.6 Å². The van der Waals surface area contributed by atoms with Gasteiger partial charge in [-0.05, 0) is 39.1 Å². The Hall–Kier alpha value is -3.74. The van der Waals surface area contributed by atoms with Gasteiger partial charge in [0, 0.05) is 17.4 Å². The molecule has 1 aromatic rings. The summed E-state index contributed by atoms with van der Waals surface area (Å²) in [5, 5.41) is 99.5. The molecular weight excluding hydrogens is 598 g/mol. The molecule has 0 spiro atoms. The van der Waals surface area contributed by atoms with Gasteiger partial charge in [-0.25, -0.2) is 0 Å². The lowest BCUT2D eigenvalue weighted by Gasteiger charge is -2.53. The van der Waals surface area contributed by atoms with E-state index in [0.717, 1.165) is 0 Å². The molecule has 3 aliphatic rings. The van der Waals surface area contributed by atoms with Crippen LogP contribution in [0.1, 0.15) is 24.5 Å². The first-order valence-electron chi connectivity index (χ1n) is 14.0. The maximum Gasteiger partial charge on any atom is 0.259 e. The molecule has 0 aromatic heterocycles. The van der Waals surface area contributed by atoms with Crippen molar-refractivity contribution in [1.82, 2.24) is 15.5 Å². The molecule has 45 heavy (non-hydrogen) atoms. The van der Waals surface area contributed by atoms with Crippen molar-refractivity contribution in [3.63, 3.8) is 0 Å². The lowest BCUT2D eigenvalue weighted by molar-refractivity contribution is -0.159. The number of hydrogen-bond donors (Lipinski definition) is 11. The minimum absolute atomic E-state index is 0.0972. The van der Waals surface area contributed by atoms with Crippen LogP contribution >= 0.6 is 0 Å². The van der Waals surface area contributed by atoms with E-state index in [9.17, 15) is 60.0 Å². The Morgan fingerprint density at radius 3 is 2.33 bits per heavy atom. The fourth-order valence-electron chi connectivity index (χ4n) is 6.62. The average Bonchev–Trinajstić information content (AvgIpc) is 2.98. The molecule has 0 aliphatic heterocycles. The van der Waals surface area contributed by atoms with Crippen molar-refractivity contribution in [3.8, 4) is 5.75 Å². The van der Waals surface area contributed by atoms with Crippen LogP contribution in [-0.4, -0.2) is 138 Å². The van der Waals surface area contributed by atoms with Gasteiger partial charge in [-0.2, -0.15) is 0 Å². The topological polar surface area (TPSA) is 278 Å². The number of amides is 1. The predicted octanol–water partition coefficient (Wildman–Crippen LogP) is -3.55. The lowest BCUT2D eigenvalue weighted by Crippen LogP contribution is -2.67. The molecule has 16 nitrogen and oxygen atoms in total. The number of aliphatic hydroxyl groups is 8. The summed E-state index contributed by atoms with van der Waals surface area (Å²) < 4.78 is 0. The number of benzene rings is 1. The fraction of sp³-hybridized carbons (Fsp3) is 0.517. The molecule has 246 valence electrons. The van der Waals surface area contributed by atoms with Gasteiger partial charge in [0.25, 0.3) is 5.91 Å². The highest BCUT2D eigenvalue weighted by Crippen LogP contribution is 2.57. The molecule has 0 bridgehead atoms. The number of carbonyl (C=O) groups is 4. The van der Waals surface area contributed by atoms with E-state index in [2.05, 4.69) is 10.6 Å². The molecule has 0 radical (unpaired) electrons. The first-order chi connectivity index (χ1) is 21.0. The molecule has 1 fully saturated rings. The van der Waals surface area contributed by atoms with Crippen LogP contribution in [0.15, 0.2) is 35.1 Å². The van der Waals surface area contributed by atoms with Gasteiger partial charge in [0.2, 0.25) is 5.78 Å². The van der Waals surface area contributed by atoms with Gasteiger partial charge >= 0.3 is 0 Å². The molecule has 11 N–H and O–H groups in total. The van der Waals surface area contributed by atoms with Crippen molar-refractivity contribution in [2.45, 2.75) is 54.9 Å². The third-order valence-corrected chi connectivity index (χ3v) is 9.03.